The molecule has 1 unspecified atom stereocenters. The summed E-state index contributed by atoms with van der Waals surface area (Å²) in [5.74, 6) is 0.654. The molecule has 0 aliphatic carbocycles. The minimum absolute atomic E-state index is 0.407. The molecule has 76 valence electrons. The lowest BCUT2D eigenvalue weighted by molar-refractivity contribution is 0.219. The van der Waals surface area contributed by atoms with Gasteiger partial charge in [-0.25, -0.2) is 9.97 Å². The van der Waals surface area contributed by atoms with E-state index in [0.717, 1.165) is 30.6 Å². The standard InChI is InChI=1S/C10H16N4/c1-3-8-9-7(4-5-14(8)2)10(11)13-6-12-9/h6,8H,3-5H2,1-2H3,(H2,11,12,13). The number of anilines is 1. The van der Waals surface area contributed by atoms with Crippen molar-refractivity contribution in [3.63, 3.8) is 0 Å². The first-order valence-corrected chi connectivity index (χ1v) is 5.03. The second-order valence-electron chi connectivity index (χ2n) is 3.78. The van der Waals surface area contributed by atoms with Gasteiger partial charge in [-0.15, -0.1) is 0 Å². The van der Waals surface area contributed by atoms with Gasteiger partial charge in [0.1, 0.15) is 12.1 Å². The summed E-state index contributed by atoms with van der Waals surface area (Å²) in [6.07, 6.45) is 3.60. The maximum atomic E-state index is 5.83. The molecular formula is C10H16N4. The topological polar surface area (TPSA) is 55.0 Å². The van der Waals surface area contributed by atoms with E-state index >= 15 is 0 Å². The smallest absolute Gasteiger partial charge is 0.130 e. The number of nitrogens with zero attached hydrogens (tertiary/aromatic N) is 3. The summed E-state index contributed by atoms with van der Waals surface area (Å²) in [4.78, 5) is 10.7. The minimum atomic E-state index is 0.407. The largest absolute Gasteiger partial charge is 0.383 e. The van der Waals surface area contributed by atoms with Gasteiger partial charge in [-0.05, 0) is 19.9 Å². The van der Waals surface area contributed by atoms with Crippen LogP contribution in [0.15, 0.2) is 6.33 Å². The summed E-state index contributed by atoms with van der Waals surface area (Å²) in [5.41, 5.74) is 8.10. The monoisotopic (exact) mass is 192 g/mol. The average molecular weight is 192 g/mol. The molecule has 2 rings (SSSR count). The van der Waals surface area contributed by atoms with Crippen molar-refractivity contribution in [3.8, 4) is 0 Å². The fourth-order valence-electron chi connectivity index (χ4n) is 2.14. The second kappa shape index (κ2) is 3.53. The van der Waals surface area contributed by atoms with Crippen LogP contribution in [0.3, 0.4) is 0 Å². The predicted octanol–water partition coefficient (Wildman–Crippen LogP) is 0.998. The summed E-state index contributed by atoms with van der Waals surface area (Å²) < 4.78 is 0. The third-order valence-electron chi connectivity index (χ3n) is 2.96. The number of aromatic nitrogens is 2. The van der Waals surface area contributed by atoms with Gasteiger partial charge in [0, 0.05) is 12.1 Å². The molecule has 0 spiro atoms. The molecule has 0 radical (unpaired) electrons. The molecular weight excluding hydrogens is 176 g/mol. The molecule has 2 N–H and O–H groups in total. The van der Waals surface area contributed by atoms with Crippen molar-refractivity contribution in [3.05, 3.63) is 17.6 Å². The highest BCUT2D eigenvalue weighted by atomic mass is 15.2. The van der Waals surface area contributed by atoms with E-state index in [1.807, 2.05) is 0 Å². The van der Waals surface area contributed by atoms with Crippen LogP contribution in [0.25, 0.3) is 0 Å². The van der Waals surface area contributed by atoms with Gasteiger partial charge in [-0.3, -0.25) is 4.90 Å². The third kappa shape index (κ3) is 1.35. The minimum Gasteiger partial charge on any atom is -0.383 e. The van der Waals surface area contributed by atoms with Crippen molar-refractivity contribution in [2.45, 2.75) is 25.8 Å². The summed E-state index contributed by atoms with van der Waals surface area (Å²) in [5, 5.41) is 0. The zero-order valence-corrected chi connectivity index (χ0v) is 8.70. The van der Waals surface area contributed by atoms with Gasteiger partial charge in [0.25, 0.3) is 0 Å². The lowest BCUT2D eigenvalue weighted by Gasteiger charge is -2.32. The van der Waals surface area contributed by atoms with Gasteiger partial charge in [-0.2, -0.15) is 0 Å². The zero-order valence-electron chi connectivity index (χ0n) is 8.70. The van der Waals surface area contributed by atoms with Crippen LogP contribution in [-0.4, -0.2) is 28.5 Å². The Morgan fingerprint density at radius 1 is 1.57 bits per heavy atom. The quantitative estimate of drug-likeness (QED) is 0.721. The summed E-state index contributed by atoms with van der Waals surface area (Å²) >= 11 is 0. The van der Waals surface area contributed by atoms with Crippen LogP contribution in [0.5, 0.6) is 0 Å². The molecule has 1 aromatic heterocycles. The molecule has 2 heterocycles. The number of rotatable bonds is 1. The van der Waals surface area contributed by atoms with Crippen molar-refractivity contribution in [2.75, 3.05) is 19.3 Å². The Balaban J connectivity index is 2.46. The molecule has 0 aromatic carbocycles. The van der Waals surface area contributed by atoms with Gasteiger partial charge in [0.05, 0.1) is 11.7 Å². The Labute approximate surface area is 84.2 Å². The Morgan fingerprint density at radius 3 is 3.07 bits per heavy atom. The van der Waals surface area contributed by atoms with E-state index in [4.69, 9.17) is 5.73 Å². The SMILES string of the molecule is CCC1c2ncnc(N)c2CCN1C. The lowest BCUT2D eigenvalue weighted by Crippen LogP contribution is -2.33. The normalized spacial score (nSPS) is 22.0. The number of nitrogen functional groups attached to an aromatic ring is 1. The molecule has 1 aromatic rings. The van der Waals surface area contributed by atoms with Crippen molar-refractivity contribution in [2.24, 2.45) is 0 Å². The highest BCUT2D eigenvalue weighted by molar-refractivity contribution is 5.43. The number of fused-ring (bicyclic) bond motifs is 1. The first kappa shape index (κ1) is 9.40. The molecule has 1 aliphatic rings. The molecule has 14 heavy (non-hydrogen) atoms. The molecule has 1 atom stereocenters. The molecule has 1 aliphatic heterocycles. The van der Waals surface area contributed by atoms with Gasteiger partial charge in [0.2, 0.25) is 0 Å². The number of hydrogen-bond acceptors (Lipinski definition) is 4. The highest BCUT2D eigenvalue weighted by Crippen LogP contribution is 2.30. The highest BCUT2D eigenvalue weighted by Gasteiger charge is 2.26. The number of likely N-dealkylation sites (N-methyl/N-ethyl adjacent to an activating group) is 1. The molecule has 0 saturated heterocycles. The van der Waals surface area contributed by atoms with E-state index in [1.165, 1.54) is 0 Å². The van der Waals surface area contributed by atoms with E-state index < -0.39 is 0 Å². The van der Waals surface area contributed by atoms with Crippen molar-refractivity contribution in [1.29, 1.82) is 0 Å². The first-order chi connectivity index (χ1) is 6.74. The van der Waals surface area contributed by atoms with Crippen LogP contribution >= 0.6 is 0 Å². The maximum absolute atomic E-state index is 5.83. The van der Waals surface area contributed by atoms with E-state index in [9.17, 15) is 0 Å². The summed E-state index contributed by atoms with van der Waals surface area (Å²) in [6.45, 7) is 3.22. The maximum Gasteiger partial charge on any atom is 0.130 e. The van der Waals surface area contributed by atoms with Crippen LogP contribution < -0.4 is 5.73 Å². The van der Waals surface area contributed by atoms with Crippen LogP contribution in [-0.2, 0) is 6.42 Å². The molecule has 4 nitrogen and oxygen atoms in total. The Hall–Kier alpha value is -1.16. The fraction of sp³-hybridized carbons (Fsp3) is 0.600. The zero-order chi connectivity index (χ0) is 10.1. The van der Waals surface area contributed by atoms with Crippen molar-refractivity contribution < 1.29 is 0 Å². The summed E-state index contributed by atoms with van der Waals surface area (Å²) in [7, 11) is 2.13. The van der Waals surface area contributed by atoms with E-state index in [2.05, 4.69) is 28.8 Å². The molecule has 0 bridgehead atoms. The molecule has 0 saturated carbocycles. The van der Waals surface area contributed by atoms with Gasteiger partial charge in [-0.1, -0.05) is 6.92 Å². The van der Waals surface area contributed by atoms with Crippen LogP contribution in [0.4, 0.5) is 5.82 Å². The Morgan fingerprint density at radius 2 is 2.36 bits per heavy atom. The fourth-order valence-corrected chi connectivity index (χ4v) is 2.14. The van der Waals surface area contributed by atoms with Gasteiger partial charge < -0.3 is 5.73 Å². The summed E-state index contributed by atoms with van der Waals surface area (Å²) in [6, 6.07) is 0.407. The van der Waals surface area contributed by atoms with Crippen LogP contribution in [0.1, 0.15) is 30.6 Å². The van der Waals surface area contributed by atoms with Gasteiger partial charge >= 0.3 is 0 Å². The van der Waals surface area contributed by atoms with Crippen LogP contribution in [0.2, 0.25) is 0 Å². The number of nitrogens with two attached hydrogens (primary N) is 1. The first-order valence-electron chi connectivity index (χ1n) is 5.03. The van der Waals surface area contributed by atoms with Gasteiger partial charge in [0.15, 0.2) is 0 Å². The molecule has 0 amide bonds. The van der Waals surface area contributed by atoms with Crippen LogP contribution in [0, 0.1) is 0 Å². The van der Waals surface area contributed by atoms with E-state index in [1.54, 1.807) is 6.33 Å². The van der Waals surface area contributed by atoms with E-state index in [0.29, 0.717) is 11.9 Å². The van der Waals surface area contributed by atoms with E-state index in [-0.39, 0.29) is 0 Å². The number of hydrogen-bond donors (Lipinski definition) is 1. The molecule has 0 fully saturated rings. The third-order valence-corrected chi connectivity index (χ3v) is 2.96. The Kier molecular flexibility index (Phi) is 2.37. The van der Waals surface area contributed by atoms with Crippen molar-refractivity contribution in [1.82, 2.24) is 14.9 Å². The second-order valence-corrected chi connectivity index (χ2v) is 3.78. The average Bonchev–Trinajstić information content (AvgIpc) is 2.18. The molecule has 4 heteroatoms. The Bertz CT molecular complexity index is 337. The van der Waals surface area contributed by atoms with Crippen molar-refractivity contribution >= 4 is 5.82 Å². The lowest BCUT2D eigenvalue weighted by atomic mass is 9.97. The predicted molar refractivity (Wildman–Crippen MR) is 55.8 cm³/mol.